The normalized spacial score (nSPS) is 23.2. The highest BCUT2D eigenvalue weighted by atomic mass is 32.1. The van der Waals surface area contributed by atoms with Gasteiger partial charge in [0.25, 0.3) is 5.91 Å². The van der Waals surface area contributed by atoms with Crippen molar-refractivity contribution >= 4 is 34.6 Å². The van der Waals surface area contributed by atoms with Crippen molar-refractivity contribution in [1.29, 1.82) is 5.26 Å². The monoisotopic (exact) mass is 529 g/mol. The molecule has 0 atom stereocenters. The van der Waals surface area contributed by atoms with Crippen molar-refractivity contribution in [2.75, 3.05) is 16.8 Å². The lowest BCUT2D eigenvalue weighted by Gasteiger charge is -2.43. The van der Waals surface area contributed by atoms with Crippen LogP contribution in [0.2, 0.25) is 0 Å². The Kier molecular flexibility index (Phi) is 6.58. The number of carbonyl (C=O) groups is 1. The fourth-order valence-electron chi connectivity index (χ4n) is 5.42. The van der Waals surface area contributed by atoms with Gasteiger partial charge in [-0.3, -0.25) is 9.69 Å². The van der Waals surface area contributed by atoms with Crippen LogP contribution < -0.4 is 19.9 Å². The molecule has 1 aliphatic heterocycles. The van der Waals surface area contributed by atoms with Crippen LogP contribution in [0.25, 0.3) is 0 Å². The van der Waals surface area contributed by atoms with Crippen LogP contribution >= 0.6 is 12.2 Å². The molecule has 0 unspecified atom stereocenters. The lowest BCUT2D eigenvalue weighted by atomic mass is 9.75. The van der Waals surface area contributed by atoms with E-state index >= 15 is 0 Å². The first-order chi connectivity index (χ1) is 17.7. The van der Waals surface area contributed by atoms with Crippen LogP contribution in [0.4, 0.5) is 24.5 Å². The van der Waals surface area contributed by atoms with E-state index in [1.165, 1.54) is 6.07 Å². The van der Waals surface area contributed by atoms with Crippen LogP contribution in [-0.4, -0.2) is 40.7 Å². The number of nitrogens with zero attached hydrogens (tertiary/aromatic N) is 4. The van der Waals surface area contributed by atoms with Gasteiger partial charge in [-0.1, -0.05) is 0 Å². The molecule has 1 aromatic heterocycles. The van der Waals surface area contributed by atoms with Crippen molar-refractivity contribution in [3.63, 3.8) is 0 Å². The Morgan fingerprint density at radius 1 is 1.16 bits per heavy atom. The van der Waals surface area contributed by atoms with Crippen LogP contribution in [0.3, 0.4) is 0 Å². The number of hydrogen-bond donors (Lipinski definition) is 1. The van der Waals surface area contributed by atoms with Gasteiger partial charge in [-0.15, -0.1) is 0 Å². The number of carbonyl (C=O) groups excluding carboxylic acids is 1. The predicted molar refractivity (Wildman–Crippen MR) is 135 cm³/mol. The molecule has 3 aliphatic rings. The predicted octanol–water partition coefficient (Wildman–Crippen LogP) is 4.94. The molecule has 1 saturated heterocycles. The Morgan fingerprint density at radius 2 is 1.84 bits per heavy atom. The van der Waals surface area contributed by atoms with E-state index in [1.54, 1.807) is 4.90 Å². The summed E-state index contributed by atoms with van der Waals surface area (Å²) in [5.74, 6) is 0.337. The van der Waals surface area contributed by atoms with Crippen molar-refractivity contribution in [3.8, 4) is 11.8 Å². The molecule has 0 bridgehead atoms. The van der Waals surface area contributed by atoms with Gasteiger partial charge in [-0.2, -0.15) is 18.4 Å². The molecule has 1 spiro atoms. The van der Waals surface area contributed by atoms with Crippen LogP contribution in [0.1, 0.15) is 56.2 Å². The first kappa shape index (κ1) is 25.4. The second-order valence-electron chi connectivity index (χ2n) is 9.72. The Morgan fingerprint density at radius 3 is 2.38 bits per heavy atom. The largest absolute Gasteiger partial charge is 0.490 e. The van der Waals surface area contributed by atoms with Gasteiger partial charge < -0.3 is 15.0 Å². The van der Waals surface area contributed by atoms with Crippen molar-refractivity contribution in [2.45, 2.75) is 68.8 Å². The molecule has 1 aromatic carbocycles. The average Bonchev–Trinajstić information content (AvgIpc) is 3.10. The molecule has 1 N–H and O–H groups in total. The molecule has 5 rings (SSSR count). The number of rotatable bonds is 5. The van der Waals surface area contributed by atoms with Crippen molar-refractivity contribution in [1.82, 2.24) is 10.3 Å². The SMILES string of the molecule is CNC1CCC(Oc2ccc(N3C(=S)N(c4cnc(C#N)c(C(F)(F)F)c4)C(=O)C34CCC4)cc2)CC1. The number of benzene rings is 1. The summed E-state index contributed by atoms with van der Waals surface area (Å²) in [7, 11) is 1.97. The second kappa shape index (κ2) is 9.58. The average molecular weight is 530 g/mol. The molecule has 37 heavy (non-hydrogen) atoms. The van der Waals surface area contributed by atoms with Gasteiger partial charge in [0.2, 0.25) is 0 Å². The van der Waals surface area contributed by atoms with Gasteiger partial charge in [-0.25, -0.2) is 4.98 Å². The maximum atomic E-state index is 13.6. The zero-order valence-electron chi connectivity index (χ0n) is 20.2. The van der Waals surface area contributed by atoms with E-state index in [0.717, 1.165) is 55.0 Å². The van der Waals surface area contributed by atoms with E-state index in [9.17, 15) is 18.0 Å². The van der Waals surface area contributed by atoms with Gasteiger partial charge in [0, 0.05) is 11.7 Å². The highest BCUT2D eigenvalue weighted by molar-refractivity contribution is 7.81. The first-order valence-corrected chi connectivity index (χ1v) is 12.7. The topological polar surface area (TPSA) is 81.5 Å². The highest BCUT2D eigenvalue weighted by Crippen LogP contribution is 2.48. The molecular formula is C26H26F3N5O2S. The molecular weight excluding hydrogens is 503 g/mol. The van der Waals surface area contributed by atoms with Gasteiger partial charge in [0.15, 0.2) is 10.8 Å². The Bertz CT molecular complexity index is 1250. The Hall–Kier alpha value is -3.23. The molecule has 1 amide bonds. The first-order valence-electron chi connectivity index (χ1n) is 12.3. The molecule has 2 saturated carbocycles. The Balaban J connectivity index is 1.41. The standard InChI is InChI=1S/C26H26F3N5O2S/c1-31-16-3-7-19(8-4-16)36-20-9-5-17(6-10-20)34-24(37)33(23(35)25(34)11-2-12-25)18-13-21(26(27,28)29)22(14-30)32-15-18/h5-6,9-10,13,15-16,19,31H,2-4,7-8,11-12H2,1H3. The van der Waals surface area contributed by atoms with E-state index in [-0.39, 0.29) is 22.8 Å². The van der Waals surface area contributed by atoms with E-state index in [2.05, 4.69) is 10.3 Å². The number of halogens is 3. The number of nitrogens with one attached hydrogen (secondary N) is 1. The fourth-order valence-corrected chi connectivity index (χ4v) is 5.89. The maximum Gasteiger partial charge on any atom is 0.419 e. The minimum absolute atomic E-state index is 0.0865. The number of hydrogen-bond acceptors (Lipinski definition) is 6. The van der Waals surface area contributed by atoms with E-state index in [0.29, 0.717) is 24.6 Å². The minimum Gasteiger partial charge on any atom is -0.490 e. The molecule has 2 aliphatic carbocycles. The molecule has 2 aromatic rings. The second-order valence-corrected chi connectivity index (χ2v) is 10.1. The van der Waals surface area contributed by atoms with Crippen LogP contribution in [0.5, 0.6) is 5.75 Å². The highest BCUT2D eigenvalue weighted by Gasteiger charge is 2.59. The smallest absolute Gasteiger partial charge is 0.419 e. The lowest BCUT2D eigenvalue weighted by Crippen LogP contribution is -2.55. The van der Waals surface area contributed by atoms with Gasteiger partial charge in [0.1, 0.15) is 17.4 Å². The van der Waals surface area contributed by atoms with Crippen molar-refractivity contribution < 1.29 is 22.7 Å². The van der Waals surface area contributed by atoms with E-state index < -0.39 is 23.0 Å². The quantitative estimate of drug-likeness (QED) is 0.550. The number of pyridine rings is 1. The third-order valence-electron chi connectivity index (χ3n) is 7.62. The number of ether oxygens (including phenoxy) is 1. The molecule has 11 heteroatoms. The summed E-state index contributed by atoms with van der Waals surface area (Å²) in [6.45, 7) is 0. The van der Waals surface area contributed by atoms with Gasteiger partial charge in [-0.05, 0) is 94.5 Å². The minimum atomic E-state index is -4.80. The zero-order chi connectivity index (χ0) is 26.4. The van der Waals surface area contributed by atoms with E-state index in [4.69, 9.17) is 22.2 Å². The third-order valence-corrected chi connectivity index (χ3v) is 7.98. The van der Waals surface area contributed by atoms with Gasteiger partial charge >= 0.3 is 6.18 Å². The van der Waals surface area contributed by atoms with E-state index in [1.807, 2.05) is 31.3 Å². The molecule has 2 heterocycles. The fraction of sp³-hybridized carbons (Fsp3) is 0.462. The van der Waals surface area contributed by atoms with Gasteiger partial charge in [0.05, 0.1) is 23.6 Å². The summed E-state index contributed by atoms with van der Waals surface area (Å²) in [6.07, 6.45) is 2.35. The lowest BCUT2D eigenvalue weighted by molar-refractivity contribution is -0.138. The van der Waals surface area contributed by atoms with Crippen LogP contribution in [0.15, 0.2) is 36.5 Å². The summed E-state index contributed by atoms with van der Waals surface area (Å²) < 4.78 is 46.8. The molecule has 194 valence electrons. The summed E-state index contributed by atoms with van der Waals surface area (Å²) in [5, 5.41) is 12.5. The summed E-state index contributed by atoms with van der Waals surface area (Å²) in [5.41, 5.74) is -2.33. The number of aromatic nitrogens is 1. The molecule has 0 radical (unpaired) electrons. The maximum absolute atomic E-state index is 13.6. The number of thiocarbonyl (C=S) groups is 1. The Labute approximate surface area is 218 Å². The number of alkyl halides is 3. The number of nitriles is 1. The van der Waals surface area contributed by atoms with Crippen LogP contribution in [0, 0.1) is 11.3 Å². The summed E-state index contributed by atoms with van der Waals surface area (Å²) in [4.78, 5) is 20.1. The zero-order valence-corrected chi connectivity index (χ0v) is 21.0. The number of amides is 1. The summed E-state index contributed by atoms with van der Waals surface area (Å²) >= 11 is 5.66. The number of anilines is 2. The molecule has 7 nitrogen and oxygen atoms in total. The van der Waals surface area contributed by atoms with Crippen molar-refractivity contribution in [3.05, 3.63) is 47.8 Å². The summed E-state index contributed by atoms with van der Waals surface area (Å²) in [6, 6.07) is 10.1. The van der Waals surface area contributed by atoms with Crippen molar-refractivity contribution in [2.24, 2.45) is 0 Å². The third kappa shape index (κ3) is 4.42. The van der Waals surface area contributed by atoms with Crippen LogP contribution in [-0.2, 0) is 11.0 Å². The molecule has 3 fully saturated rings.